The van der Waals surface area contributed by atoms with Crippen molar-refractivity contribution in [3.8, 4) is 0 Å². The molecule has 1 amide bonds. The summed E-state index contributed by atoms with van der Waals surface area (Å²) in [7, 11) is 1.35. The van der Waals surface area contributed by atoms with Crippen LogP contribution in [0, 0.1) is 5.92 Å². The highest BCUT2D eigenvalue weighted by atomic mass is 35.5. The van der Waals surface area contributed by atoms with Gasteiger partial charge in [-0.15, -0.1) is 11.3 Å². The number of nitrogens with zero attached hydrogens (tertiary/aromatic N) is 1. The van der Waals surface area contributed by atoms with E-state index in [1.807, 2.05) is 50.2 Å². The zero-order valence-electron chi connectivity index (χ0n) is 15.5. The number of ether oxygens (including phenoxy) is 1. The second-order valence-electron chi connectivity index (χ2n) is 6.70. The lowest BCUT2D eigenvalue weighted by molar-refractivity contribution is -0.177. The topological polar surface area (TPSA) is 58.6 Å². The van der Waals surface area contributed by atoms with Gasteiger partial charge < -0.3 is 9.64 Å². The Morgan fingerprint density at radius 2 is 1.96 bits per heavy atom. The lowest BCUT2D eigenvalue weighted by atomic mass is 9.83. The molecule has 1 aliphatic heterocycles. The van der Waals surface area contributed by atoms with Crippen LogP contribution in [-0.4, -0.2) is 36.1 Å². The van der Waals surface area contributed by atoms with Gasteiger partial charge in [0.15, 0.2) is 0 Å². The van der Waals surface area contributed by atoms with E-state index in [9.17, 15) is 9.59 Å². The van der Waals surface area contributed by atoms with Gasteiger partial charge in [0.05, 0.1) is 23.5 Å². The molecule has 0 saturated carbocycles. The molecule has 1 fully saturated rings. The van der Waals surface area contributed by atoms with Crippen LogP contribution < -0.4 is 5.32 Å². The Kier molecular flexibility index (Phi) is 6.19. The summed E-state index contributed by atoms with van der Waals surface area (Å²) < 4.78 is 5.64. The highest BCUT2D eigenvalue weighted by Crippen LogP contribution is 2.35. The second kappa shape index (κ2) is 8.42. The zero-order chi connectivity index (χ0) is 19.6. The first-order chi connectivity index (χ1) is 12.9. The van der Waals surface area contributed by atoms with Crippen LogP contribution in [-0.2, 0) is 20.7 Å². The fraction of sp³-hybridized carbons (Fsp3) is 0.400. The summed E-state index contributed by atoms with van der Waals surface area (Å²) in [6, 6.07) is 13.1. The van der Waals surface area contributed by atoms with Gasteiger partial charge in [-0.25, -0.2) is 4.79 Å². The van der Waals surface area contributed by atoms with Crippen molar-refractivity contribution in [1.82, 2.24) is 10.2 Å². The fourth-order valence-electron chi connectivity index (χ4n) is 3.56. The number of hydrogen-bond acceptors (Lipinski definition) is 5. The summed E-state index contributed by atoms with van der Waals surface area (Å²) in [6.45, 7) is 3.93. The average molecular weight is 407 g/mol. The Morgan fingerprint density at radius 1 is 1.26 bits per heavy atom. The van der Waals surface area contributed by atoms with E-state index in [1.165, 1.54) is 18.4 Å². The van der Waals surface area contributed by atoms with E-state index in [-0.39, 0.29) is 24.1 Å². The Labute approximate surface area is 168 Å². The van der Waals surface area contributed by atoms with Crippen LogP contribution >= 0.6 is 22.9 Å². The molecule has 3 unspecified atom stereocenters. The van der Waals surface area contributed by atoms with Crippen LogP contribution in [0.4, 0.5) is 0 Å². The maximum Gasteiger partial charge on any atom is 0.329 e. The Morgan fingerprint density at radius 3 is 2.56 bits per heavy atom. The first-order valence-corrected chi connectivity index (χ1v) is 10.1. The quantitative estimate of drug-likeness (QED) is 0.563. The molecule has 1 saturated heterocycles. The minimum Gasteiger partial charge on any atom is -0.467 e. The number of carbonyl (C=O) groups excluding carboxylic acids is 2. The largest absolute Gasteiger partial charge is 0.467 e. The molecule has 0 radical (unpaired) electrons. The second-order valence-corrected chi connectivity index (χ2v) is 8.50. The molecule has 7 heteroatoms. The van der Waals surface area contributed by atoms with E-state index < -0.39 is 12.0 Å². The van der Waals surface area contributed by atoms with Gasteiger partial charge in [-0.05, 0) is 38.0 Å². The van der Waals surface area contributed by atoms with Crippen molar-refractivity contribution in [3.63, 3.8) is 0 Å². The molecule has 0 aliphatic carbocycles. The molecule has 0 bridgehead atoms. The Hall–Kier alpha value is -1.89. The Bertz CT molecular complexity index is 811. The molecule has 2 aromatic rings. The molecule has 5 nitrogen and oxygen atoms in total. The van der Waals surface area contributed by atoms with Crippen molar-refractivity contribution < 1.29 is 14.3 Å². The predicted molar refractivity (Wildman–Crippen MR) is 107 cm³/mol. The van der Waals surface area contributed by atoms with Gasteiger partial charge in [-0.2, -0.15) is 0 Å². The molecule has 2 heterocycles. The molecular weight excluding hydrogens is 384 g/mol. The van der Waals surface area contributed by atoms with Crippen molar-refractivity contribution in [2.24, 2.45) is 5.92 Å². The highest BCUT2D eigenvalue weighted by Gasteiger charge is 2.53. The Balaban J connectivity index is 1.71. The number of benzene rings is 1. The van der Waals surface area contributed by atoms with Crippen molar-refractivity contribution in [1.29, 1.82) is 0 Å². The van der Waals surface area contributed by atoms with Gasteiger partial charge >= 0.3 is 5.97 Å². The minimum absolute atomic E-state index is 0.0439. The third kappa shape index (κ3) is 4.18. The number of rotatable bonds is 7. The van der Waals surface area contributed by atoms with E-state index >= 15 is 0 Å². The molecule has 144 valence electrons. The number of likely N-dealkylation sites (tertiary alicyclic amines) is 1. The summed E-state index contributed by atoms with van der Waals surface area (Å²) in [6.07, 6.45) is 0.202. The van der Waals surface area contributed by atoms with Crippen LogP contribution in [0.15, 0.2) is 42.5 Å². The predicted octanol–water partition coefficient (Wildman–Crippen LogP) is 3.64. The van der Waals surface area contributed by atoms with Gasteiger partial charge in [-0.3, -0.25) is 10.1 Å². The molecule has 1 N–H and O–H groups in total. The summed E-state index contributed by atoms with van der Waals surface area (Å²) in [5, 5.41) is 3.40. The normalized spacial score (nSPS) is 21.5. The number of amides is 1. The first-order valence-electron chi connectivity index (χ1n) is 8.87. The molecule has 1 aliphatic rings. The van der Waals surface area contributed by atoms with E-state index in [1.54, 1.807) is 11.0 Å². The standard InChI is InChI=1S/C20H23ClN2O3S/c1-12(14-7-5-4-6-8-14)22-13(2)23-18(20(25)26-3)16(19(23)24)11-15-9-10-17(21)27-15/h4-10,12-13,16,18,22H,11H2,1-3H3/t12?,13?,16-,18?/m1/s1. The lowest BCUT2D eigenvalue weighted by Gasteiger charge is -2.49. The number of halogens is 1. The van der Waals surface area contributed by atoms with Gasteiger partial charge in [0.25, 0.3) is 0 Å². The summed E-state index contributed by atoms with van der Waals surface area (Å²) in [4.78, 5) is 27.7. The number of esters is 1. The molecule has 0 spiro atoms. The number of carbonyl (C=O) groups is 2. The first kappa shape index (κ1) is 19.9. The van der Waals surface area contributed by atoms with Crippen LogP contribution in [0.25, 0.3) is 0 Å². The molecule has 1 aromatic carbocycles. The maximum atomic E-state index is 12.8. The van der Waals surface area contributed by atoms with E-state index in [0.29, 0.717) is 10.8 Å². The van der Waals surface area contributed by atoms with E-state index in [2.05, 4.69) is 5.32 Å². The van der Waals surface area contributed by atoms with Crippen molar-refractivity contribution in [2.75, 3.05) is 7.11 Å². The number of nitrogens with one attached hydrogen (secondary N) is 1. The molecule has 3 rings (SSSR count). The molecule has 4 atom stereocenters. The number of thiophene rings is 1. The van der Waals surface area contributed by atoms with E-state index in [0.717, 1.165) is 10.4 Å². The van der Waals surface area contributed by atoms with Crippen LogP contribution in [0.1, 0.15) is 30.3 Å². The summed E-state index contributed by atoms with van der Waals surface area (Å²) in [5.74, 6) is -0.845. The number of methoxy groups -OCH3 is 1. The maximum absolute atomic E-state index is 12.8. The van der Waals surface area contributed by atoms with Gasteiger partial charge in [0.2, 0.25) is 5.91 Å². The lowest BCUT2D eigenvalue weighted by Crippen LogP contribution is -2.70. The van der Waals surface area contributed by atoms with Gasteiger partial charge in [-0.1, -0.05) is 41.9 Å². The molecule has 1 aromatic heterocycles. The van der Waals surface area contributed by atoms with Gasteiger partial charge in [0.1, 0.15) is 6.04 Å². The van der Waals surface area contributed by atoms with E-state index in [4.69, 9.17) is 16.3 Å². The van der Waals surface area contributed by atoms with Crippen LogP contribution in [0.3, 0.4) is 0 Å². The van der Waals surface area contributed by atoms with Crippen molar-refractivity contribution in [2.45, 2.75) is 38.5 Å². The average Bonchev–Trinajstić information content (AvgIpc) is 3.08. The zero-order valence-corrected chi connectivity index (χ0v) is 17.1. The van der Waals surface area contributed by atoms with Gasteiger partial charge in [0, 0.05) is 10.9 Å². The van der Waals surface area contributed by atoms with Crippen molar-refractivity contribution >= 4 is 34.8 Å². The summed E-state index contributed by atoms with van der Waals surface area (Å²) >= 11 is 7.42. The third-order valence-electron chi connectivity index (χ3n) is 4.95. The SMILES string of the molecule is COC(=O)C1[C@@H](Cc2ccc(Cl)s2)C(=O)N1C(C)NC(C)c1ccccc1. The number of hydrogen-bond donors (Lipinski definition) is 1. The van der Waals surface area contributed by atoms with Crippen molar-refractivity contribution in [3.05, 3.63) is 57.2 Å². The summed E-state index contributed by atoms with van der Waals surface area (Å²) in [5.41, 5.74) is 1.12. The minimum atomic E-state index is -0.589. The van der Waals surface area contributed by atoms with Crippen LogP contribution in [0.2, 0.25) is 4.34 Å². The highest BCUT2D eigenvalue weighted by molar-refractivity contribution is 7.16. The molecule has 27 heavy (non-hydrogen) atoms. The third-order valence-corrected chi connectivity index (χ3v) is 6.21. The number of β-lactam (4-membered cyclic amide) rings is 1. The van der Waals surface area contributed by atoms with Crippen LogP contribution in [0.5, 0.6) is 0 Å². The molecular formula is C20H23ClN2O3S. The smallest absolute Gasteiger partial charge is 0.329 e. The monoisotopic (exact) mass is 406 g/mol. The fourth-order valence-corrected chi connectivity index (χ4v) is 4.71.